The molecule has 0 radical (unpaired) electrons. The van der Waals surface area contributed by atoms with Crippen molar-refractivity contribution >= 4 is 28.4 Å². The molecule has 4 rings (SSSR count). The van der Waals surface area contributed by atoms with Crippen LogP contribution in [0, 0.1) is 6.92 Å². The number of hydrogen-bond donors (Lipinski definition) is 3. The van der Waals surface area contributed by atoms with Crippen LogP contribution in [0.5, 0.6) is 0 Å². The van der Waals surface area contributed by atoms with Gasteiger partial charge in [0.2, 0.25) is 5.95 Å². The largest absolute Gasteiger partial charge is 0.383 e. The summed E-state index contributed by atoms with van der Waals surface area (Å²) in [5.74, 6) is -0.639. The summed E-state index contributed by atoms with van der Waals surface area (Å²) < 4.78 is 2.02. The summed E-state index contributed by atoms with van der Waals surface area (Å²) in [5.41, 5.74) is 17.9. The topological polar surface area (TPSA) is 143 Å². The van der Waals surface area contributed by atoms with Crippen LogP contribution in [0.15, 0.2) is 35.3 Å². The van der Waals surface area contributed by atoms with Crippen molar-refractivity contribution < 1.29 is 4.79 Å². The van der Waals surface area contributed by atoms with Gasteiger partial charge in [-0.25, -0.2) is 4.98 Å². The zero-order valence-electron chi connectivity index (χ0n) is 16.0. The van der Waals surface area contributed by atoms with Gasteiger partial charge < -0.3 is 21.8 Å². The second kappa shape index (κ2) is 7.67. The Labute approximate surface area is 162 Å². The highest BCUT2D eigenvalue weighted by Gasteiger charge is 2.27. The molecule has 1 amide bonds. The highest BCUT2D eigenvalue weighted by atomic mass is 16.1. The van der Waals surface area contributed by atoms with Crippen LogP contribution in [0.3, 0.4) is 0 Å². The van der Waals surface area contributed by atoms with Crippen molar-refractivity contribution in [3.8, 4) is 0 Å². The summed E-state index contributed by atoms with van der Waals surface area (Å²) in [5, 5.41) is 1.99. The number of hydrogen-bond acceptors (Lipinski definition) is 6. The fourth-order valence-corrected chi connectivity index (χ4v) is 3.21. The van der Waals surface area contributed by atoms with Gasteiger partial charge in [-0.1, -0.05) is 25.1 Å². The van der Waals surface area contributed by atoms with Crippen LogP contribution in [0.4, 0.5) is 11.8 Å². The molecular formula is C20H24N6O2. The number of nitrogens with zero attached hydrogens (tertiary/aromatic N) is 3. The monoisotopic (exact) mass is 380 g/mol. The minimum Gasteiger partial charge on any atom is -0.383 e. The van der Waals surface area contributed by atoms with Crippen molar-refractivity contribution in [1.82, 2.24) is 14.5 Å². The molecule has 1 aliphatic rings. The summed E-state index contributed by atoms with van der Waals surface area (Å²) in [4.78, 5) is 30.2. The molecule has 1 aliphatic carbocycles. The van der Waals surface area contributed by atoms with Crippen LogP contribution < -0.4 is 22.8 Å². The minimum absolute atomic E-state index is 0.00463. The van der Waals surface area contributed by atoms with Crippen molar-refractivity contribution in [2.24, 2.45) is 5.73 Å². The number of pyridine rings is 1. The second-order valence-electron chi connectivity index (χ2n) is 6.83. The number of carbonyl (C=O) groups is 1. The predicted molar refractivity (Wildman–Crippen MR) is 110 cm³/mol. The van der Waals surface area contributed by atoms with Gasteiger partial charge in [0, 0.05) is 17.9 Å². The van der Waals surface area contributed by atoms with Crippen molar-refractivity contribution in [3.63, 3.8) is 0 Å². The number of primary amides is 1. The Morgan fingerprint density at radius 2 is 2.00 bits per heavy atom. The third-order valence-corrected chi connectivity index (χ3v) is 4.75. The second-order valence-corrected chi connectivity index (χ2v) is 6.83. The van der Waals surface area contributed by atoms with Gasteiger partial charge in [0.15, 0.2) is 0 Å². The average molecular weight is 380 g/mol. The van der Waals surface area contributed by atoms with Crippen LogP contribution in [-0.2, 0) is 6.42 Å². The lowest BCUT2D eigenvalue weighted by atomic mass is 10.1. The maximum Gasteiger partial charge on any atom is 0.259 e. The van der Waals surface area contributed by atoms with Crippen LogP contribution in [0.25, 0.3) is 10.8 Å². The standard InChI is InChI=1S/C15H17NO.C5H7N5O/c1-3-12-9-11-6-4-5-10(2)14(11)15(17)16(12)13-7-8-13;6-3-2(4(7)11)1-9-5(8)10-3/h4-6,9,13H,3,7-8H2,1-2H3;1H,(H2,7,11)(H4,6,8,9,10). The summed E-state index contributed by atoms with van der Waals surface area (Å²) in [6.07, 6.45) is 4.43. The van der Waals surface area contributed by atoms with E-state index in [0.29, 0.717) is 6.04 Å². The highest BCUT2D eigenvalue weighted by Crippen LogP contribution is 2.35. The number of aryl methyl sites for hydroxylation is 2. The average Bonchev–Trinajstić information content (AvgIpc) is 3.46. The van der Waals surface area contributed by atoms with E-state index in [1.807, 2.05) is 29.7 Å². The lowest BCUT2D eigenvalue weighted by Gasteiger charge is -2.13. The summed E-state index contributed by atoms with van der Waals surface area (Å²) in [7, 11) is 0. The van der Waals surface area contributed by atoms with E-state index in [4.69, 9.17) is 17.2 Å². The van der Waals surface area contributed by atoms with E-state index in [-0.39, 0.29) is 22.9 Å². The van der Waals surface area contributed by atoms with E-state index in [2.05, 4.69) is 23.0 Å². The number of carbonyl (C=O) groups excluding carboxylic acids is 1. The van der Waals surface area contributed by atoms with Gasteiger partial charge >= 0.3 is 0 Å². The molecule has 1 aromatic carbocycles. The van der Waals surface area contributed by atoms with Crippen LogP contribution in [-0.4, -0.2) is 20.4 Å². The summed E-state index contributed by atoms with van der Waals surface area (Å²) in [6, 6.07) is 8.73. The van der Waals surface area contributed by atoms with E-state index in [1.54, 1.807) is 0 Å². The molecule has 2 heterocycles. The molecule has 0 unspecified atom stereocenters. The molecule has 0 aliphatic heterocycles. The van der Waals surface area contributed by atoms with Crippen molar-refractivity contribution in [1.29, 1.82) is 0 Å². The molecule has 0 bridgehead atoms. The Bertz CT molecular complexity index is 1100. The predicted octanol–water partition coefficient (Wildman–Crippen LogP) is 1.95. The molecule has 0 saturated heterocycles. The molecule has 6 N–H and O–H groups in total. The molecule has 2 aromatic heterocycles. The van der Waals surface area contributed by atoms with E-state index in [1.165, 1.54) is 11.9 Å². The van der Waals surface area contributed by atoms with Crippen molar-refractivity contribution in [2.75, 3.05) is 11.5 Å². The minimum atomic E-state index is -0.664. The molecule has 28 heavy (non-hydrogen) atoms. The third kappa shape index (κ3) is 3.80. The van der Waals surface area contributed by atoms with Gasteiger partial charge in [0.1, 0.15) is 5.82 Å². The fraction of sp³-hybridized carbons (Fsp3) is 0.300. The molecule has 0 atom stereocenters. The molecule has 8 heteroatoms. The van der Waals surface area contributed by atoms with E-state index >= 15 is 0 Å². The number of anilines is 2. The number of benzene rings is 1. The number of nitrogens with two attached hydrogens (primary N) is 3. The smallest absolute Gasteiger partial charge is 0.259 e. The maximum absolute atomic E-state index is 12.6. The zero-order chi connectivity index (χ0) is 20.4. The number of nitrogen functional groups attached to an aromatic ring is 2. The number of rotatable bonds is 3. The number of aromatic nitrogens is 3. The number of fused-ring (bicyclic) bond motifs is 1. The van der Waals surface area contributed by atoms with Gasteiger partial charge in [0.25, 0.3) is 11.5 Å². The van der Waals surface area contributed by atoms with Gasteiger partial charge in [-0.05, 0) is 43.2 Å². The fourth-order valence-electron chi connectivity index (χ4n) is 3.21. The first-order valence-corrected chi connectivity index (χ1v) is 9.15. The van der Waals surface area contributed by atoms with E-state index in [9.17, 15) is 9.59 Å². The Morgan fingerprint density at radius 3 is 2.57 bits per heavy atom. The van der Waals surface area contributed by atoms with Gasteiger partial charge in [0.05, 0.1) is 10.9 Å². The molecule has 3 aromatic rings. The summed E-state index contributed by atoms with van der Waals surface area (Å²) >= 11 is 0. The lowest BCUT2D eigenvalue weighted by Crippen LogP contribution is -2.23. The van der Waals surface area contributed by atoms with Crippen molar-refractivity contribution in [3.05, 3.63) is 57.6 Å². The highest BCUT2D eigenvalue weighted by molar-refractivity contribution is 5.96. The SMILES string of the molecule is CCc1cc2cccc(C)c2c(=O)n1C1CC1.NC(=O)c1cnc(N)nc1N. The quantitative estimate of drug-likeness (QED) is 0.633. The molecule has 8 nitrogen and oxygen atoms in total. The van der Waals surface area contributed by atoms with Crippen LogP contribution in [0.1, 0.15) is 47.4 Å². The Kier molecular flexibility index (Phi) is 5.30. The van der Waals surface area contributed by atoms with Crippen LogP contribution >= 0.6 is 0 Å². The van der Waals surface area contributed by atoms with Crippen molar-refractivity contribution in [2.45, 2.75) is 39.2 Å². The first-order chi connectivity index (χ1) is 13.3. The Hall–Kier alpha value is -3.42. The van der Waals surface area contributed by atoms with E-state index < -0.39 is 5.91 Å². The normalized spacial score (nSPS) is 13.1. The van der Waals surface area contributed by atoms with Gasteiger partial charge in [-0.2, -0.15) is 4.98 Å². The first kappa shape index (κ1) is 19.3. The Morgan fingerprint density at radius 1 is 1.29 bits per heavy atom. The van der Waals surface area contributed by atoms with E-state index in [0.717, 1.165) is 35.6 Å². The molecule has 146 valence electrons. The molecule has 1 fully saturated rings. The Balaban J connectivity index is 0.000000178. The van der Waals surface area contributed by atoms with Crippen LogP contribution in [0.2, 0.25) is 0 Å². The van der Waals surface area contributed by atoms with Gasteiger partial charge in [-0.15, -0.1) is 0 Å². The zero-order valence-corrected chi connectivity index (χ0v) is 16.0. The number of amides is 1. The first-order valence-electron chi connectivity index (χ1n) is 9.15. The maximum atomic E-state index is 12.6. The molecule has 1 saturated carbocycles. The molecular weight excluding hydrogens is 356 g/mol. The lowest BCUT2D eigenvalue weighted by molar-refractivity contribution is 0.100. The molecule has 0 spiro atoms. The van der Waals surface area contributed by atoms with Gasteiger partial charge in [-0.3, -0.25) is 9.59 Å². The summed E-state index contributed by atoms with van der Waals surface area (Å²) in [6.45, 7) is 4.14. The third-order valence-electron chi connectivity index (χ3n) is 4.75.